The molecule has 2 aromatic rings. The second-order valence-electron chi connectivity index (χ2n) is 6.81. The molecule has 0 radical (unpaired) electrons. The van der Waals surface area contributed by atoms with Gasteiger partial charge < -0.3 is 9.88 Å². The van der Waals surface area contributed by atoms with E-state index >= 15 is 0 Å². The summed E-state index contributed by atoms with van der Waals surface area (Å²) in [7, 11) is 0. The van der Waals surface area contributed by atoms with E-state index in [2.05, 4.69) is 36.3 Å². The van der Waals surface area contributed by atoms with Crippen LogP contribution in [0, 0.1) is 19.8 Å². The summed E-state index contributed by atoms with van der Waals surface area (Å²) in [6.07, 6.45) is 1.36. The fourth-order valence-corrected chi connectivity index (χ4v) is 3.06. The Balaban J connectivity index is 2.01. The van der Waals surface area contributed by atoms with Crippen molar-refractivity contribution in [3.8, 4) is 5.69 Å². The van der Waals surface area contributed by atoms with Gasteiger partial charge in [0, 0.05) is 33.7 Å². The predicted molar refractivity (Wildman–Crippen MR) is 111 cm³/mol. The van der Waals surface area contributed by atoms with Crippen molar-refractivity contribution in [2.24, 2.45) is 11.0 Å². The Bertz CT molecular complexity index is 856. The number of carbonyl (C=O) groups excluding carboxylic acids is 2. The number of hydrogen-bond acceptors (Lipinski definition) is 3. The third-order valence-corrected chi connectivity index (χ3v) is 4.45. The number of carbonyl (C=O) groups is 2. The lowest BCUT2D eigenvalue weighted by atomic mass is 10.2. The Kier molecular flexibility index (Phi) is 7.36. The van der Waals surface area contributed by atoms with E-state index in [0.29, 0.717) is 12.5 Å². The first-order valence-corrected chi connectivity index (χ1v) is 9.60. The second-order valence-corrected chi connectivity index (χ2v) is 7.73. The molecule has 0 fully saturated rings. The molecule has 6 nitrogen and oxygen atoms in total. The lowest BCUT2D eigenvalue weighted by molar-refractivity contribution is -0.129. The minimum absolute atomic E-state index is 0.235. The van der Waals surface area contributed by atoms with Gasteiger partial charge in [0.15, 0.2) is 0 Å². The lowest BCUT2D eigenvalue weighted by Crippen LogP contribution is -2.32. The van der Waals surface area contributed by atoms with Crippen molar-refractivity contribution in [3.05, 3.63) is 51.8 Å². The molecule has 0 atom stereocenters. The van der Waals surface area contributed by atoms with E-state index < -0.39 is 5.91 Å². The standard InChI is InChI=1S/C20H25BrN4O2/c1-13(2)11-22-19(26)10-20(27)24-23-12-16-8-14(3)25(15(16)4)18-7-5-6-17(21)9-18/h5-9,12-13H,10-11H2,1-4H3,(H,22,26)(H,24,27)/b23-12+. The molecule has 1 aromatic carbocycles. The van der Waals surface area contributed by atoms with Crippen molar-refractivity contribution in [2.45, 2.75) is 34.1 Å². The van der Waals surface area contributed by atoms with Gasteiger partial charge in [-0.15, -0.1) is 0 Å². The van der Waals surface area contributed by atoms with E-state index in [4.69, 9.17) is 0 Å². The van der Waals surface area contributed by atoms with E-state index in [1.807, 2.05) is 58.0 Å². The van der Waals surface area contributed by atoms with E-state index in [0.717, 1.165) is 27.1 Å². The van der Waals surface area contributed by atoms with Crippen molar-refractivity contribution >= 4 is 34.0 Å². The smallest absolute Gasteiger partial charge is 0.249 e. The van der Waals surface area contributed by atoms with Crippen LogP contribution in [0.5, 0.6) is 0 Å². The summed E-state index contributed by atoms with van der Waals surface area (Å²) in [4.78, 5) is 23.5. The van der Waals surface area contributed by atoms with E-state index in [1.165, 1.54) is 0 Å². The van der Waals surface area contributed by atoms with Crippen molar-refractivity contribution in [2.75, 3.05) is 6.54 Å². The van der Waals surface area contributed by atoms with Crippen molar-refractivity contribution in [3.63, 3.8) is 0 Å². The number of aryl methyl sites for hydroxylation is 1. The maximum absolute atomic E-state index is 11.8. The Morgan fingerprint density at radius 2 is 1.96 bits per heavy atom. The van der Waals surface area contributed by atoms with Gasteiger partial charge in [-0.3, -0.25) is 9.59 Å². The third kappa shape index (κ3) is 6.06. The van der Waals surface area contributed by atoms with Crippen LogP contribution < -0.4 is 10.7 Å². The topological polar surface area (TPSA) is 75.5 Å². The van der Waals surface area contributed by atoms with Crippen LogP contribution in [0.2, 0.25) is 0 Å². The number of halogens is 1. The summed E-state index contributed by atoms with van der Waals surface area (Å²) >= 11 is 3.49. The summed E-state index contributed by atoms with van der Waals surface area (Å²) in [6.45, 7) is 8.56. The molecule has 2 amide bonds. The van der Waals surface area contributed by atoms with Gasteiger partial charge in [0.2, 0.25) is 11.8 Å². The highest BCUT2D eigenvalue weighted by molar-refractivity contribution is 9.10. The van der Waals surface area contributed by atoms with Gasteiger partial charge in [0.1, 0.15) is 6.42 Å². The third-order valence-electron chi connectivity index (χ3n) is 3.96. The van der Waals surface area contributed by atoms with Gasteiger partial charge in [-0.05, 0) is 44.0 Å². The lowest BCUT2D eigenvalue weighted by Gasteiger charge is -2.09. The Morgan fingerprint density at radius 3 is 2.63 bits per heavy atom. The molecule has 0 saturated heterocycles. The van der Waals surface area contributed by atoms with Crippen LogP contribution in [0.1, 0.15) is 37.2 Å². The molecule has 2 rings (SSSR count). The van der Waals surface area contributed by atoms with Gasteiger partial charge in [-0.2, -0.15) is 5.10 Å². The zero-order chi connectivity index (χ0) is 20.0. The number of aromatic nitrogens is 1. The molecule has 2 N–H and O–H groups in total. The first-order chi connectivity index (χ1) is 12.8. The fraction of sp³-hybridized carbons (Fsp3) is 0.350. The average Bonchev–Trinajstić information content (AvgIpc) is 2.87. The number of hydrazone groups is 1. The largest absolute Gasteiger partial charge is 0.355 e. The molecule has 27 heavy (non-hydrogen) atoms. The number of nitrogens with zero attached hydrogens (tertiary/aromatic N) is 2. The zero-order valence-corrected chi connectivity index (χ0v) is 17.6. The van der Waals surface area contributed by atoms with Crippen LogP contribution in [-0.4, -0.2) is 29.1 Å². The Morgan fingerprint density at radius 1 is 1.22 bits per heavy atom. The van der Waals surface area contributed by atoms with Crippen LogP contribution in [0.25, 0.3) is 5.69 Å². The summed E-state index contributed by atoms with van der Waals surface area (Å²) in [5, 5.41) is 6.69. The van der Waals surface area contributed by atoms with Gasteiger partial charge in [0.25, 0.3) is 0 Å². The Labute approximate surface area is 168 Å². The first-order valence-electron chi connectivity index (χ1n) is 8.81. The van der Waals surface area contributed by atoms with Gasteiger partial charge in [-0.1, -0.05) is 35.8 Å². The quantitative estimate of drug-likeness (QED) is 0.399. The van der Waals surface area contributed by atoms with Crippen LogP contribution in [-0.2, 0) is 9.59 Å². The first kappa shape index (κ1) is 20.9. The van der Waals surface area contributed by atoms with Gasteiger partial charge in [-0.25, -0.2) is 5.43 Å². The predicted octanol–water partition coefficient (Wildman–Crippen LogP) is 3.47. The molecule has 0 saturated carbocycles. The molecule has 0 aliphatic rings. The Hall–Kier alpha value is -2.41. The molecule has 0 unspecified atom stereocenters. The number of nitrogens with one attached hydrogen (secondary N) is 2. The molecular formula is C20H25BrN4O2. The van der Waals surface area contributed by atoms with Crippen LogP contribution in [0.3, 0.4) is 0 Å². The van der Waals surface area contributed by atoms with Crippen LogP contribution in [0.4, 0.5) is 0 Å². The molecule has 0 spiro atoms. The summed E-state index contributed by atoms with van der Waals surface area (Å²) in [6, 6.07) is 10.0. The minimum Gasteiger partial charge on any atom is -0.355 e. The molecule has 1 aromatic heterocycles. The van der Waals surface area contributed by atoms with Gasteiger partial charge >= 0.3 is 0 Å². The monoisotopic (exact) mass is 432 g/mol. The molecule has 0 bridgehead atoms. The molecule has 0 aliphatic heterocycles. The highest BCUT2D eigenvalue weighted by atomic mass is 79.9. The van der Waals surface area contributed by atoms with Crippen LogP contribution in [0.15, 0.2) is 39.9 Å². The maximum Gasteiger partial charge on any atom is 0.249 e. The number of benzene rings is 1. The van der Waals surface area contributed by atoms with E-state index in [-0.39, 0.29) is 12.3 Å². The van der Waals surface area contributed by atoms with E-state index in [1.54, 1.807) is 6.21 Å². The fourth-order valence-electron chi connectivity index (χ4n) is 2.67. The zero-order valence-electron chi connectivity index (χ0n) is 16.0. The minimum atomic E-state index is -0.437. The normalized spacial score (nSPS) is 11.2. The molecule has 0 aliphatic carbocycles. The van der Waals surface area contributed by atoms with Crippen molar-refractivity contribution in [1.82, 2.24) is 15.3 Å². The number of rotatable bonds is 7. The highest BCUT2D eigenvalue weighted by Crippen LogP contribution is 2.22. The number of amides is 2. The SMILES string of the molecule is Cc1cc(/C=N/NC(=O)CC(=O)NCC(C)C)c(C)n1-c1cccc(Br)c1. The van der Waals surface area contributed by atoms with Gasteiger partial charge in [0.05, 0.1) is 6.21 Å². The molecule has 1 heterocycles. The molecular weight excluding hydrogens is 408 g/mol. The molecule has 7 heteroatoms. The second kappa shape index (κ2) is 9.50. The van der Waals surface area contributed by atoms with Crippen molar-refractivity contribution in [1.29, 1.82) is 0 Å². The summed E-state index contributed by atoms with van der Waals surface area (Å²) in [5.74, 6) is -0.395. The summed E-state index contributed by atoms with van der Waals surface area (Å²) < 4.78 is 3.12. The maximum atomic E-state index is 11.8. The summed E-state index contributed by atoms with van der Waals surface area (Å²) in [5.41, 5.74) is 6.43. The molecule has 144 valence electrons. The average molecular weight is 433 g/mol. The van der Waals surface area contributed by atoms with E-state index in [9.17, 15) is 9.59 Å². The van der Waals surface area contributed by atoms with Crippen molar-refractivity contribution < 1.29 is 9.59 Å². The van der Waals surface area contributed by atoms with Crippen LogP contribution >= 0.6 is 15.9 Å². The highest BCUT2D eigenvalue weighted by Gasteiger charge is 2.11. The number of hydrogen-bond donors (Lipinski definition) is 2.